The monoisotopic (exact) mass is 248 g/mol. The Labute approximate surface area is 105 Å². The molecule has 1 heterocycles. The van der Waals surface area contributed by atoms with Crippen molar-refractivity contribution in [2.45, 2.75) is 26.4 Å². The number of ether oxygens (including phenoxy) is 1. The molecule has 0 saturated carbocycles. The molecule has 0 fully saturated rings. The molecule has 0 aliphatic heterocycles. The zero-order valence-corrected chi connectivity index (χ0v) is 10.8. The second-order valence-corrected chi connectivity index (χ2v) is 5.33. The van der Waals surface area contributed by atoms with Crippen LogP contribution in [0.25, 0.3) is 0 Å². The van der Waals surface area contributed by atoms with Gasteiger partial charge in [-0.1, -0.05) is 37.3 Å². The first kappa shape index (κ1) is 11.9. The minimum absolute atomic E-state index is 0.512. The van der Waals surface area contributed by atoms with Crippen molar-refractivity contribution in [3.8, 4) is 5.75 Å². The number of rotatable bonds is 4. The van der Waals surface area contributed by atoms with Crippen molar-refractivity contribution in [1.29, 1.82) is 0 Å². The van der Waals surface area contributed by atoms with Crippen LogP contribution in [0.3, 0.4) is 0 Å². The maximum Gasteiger partial charge on any atom is 0.180 e. The molecule has 90 valence electrons. The van der Waals surface area contributed by atoms with Crippen LogP contribution in [0.1, 0.15) is 30.2 Å². The predicted molar refractivity (Wildman–Crippen MR) is 71.4 cm³/mol. The van der Waals surface area contributed by atoms with Crippen molar-refractivity contribution < 1.29 is 4.74 Å². The Balaban J connectivity index is 2.01. The molecule has 3 nitrogen and oxygen atoms in total. The van der Waals surface area contributed by atoms with E-state index in [1.807, 2.05) is 12.1 Å². The Bertz CT molecular complexity index is 494. The molecule has 0 saturated heterocycles. The van der Waals surface area contributed by atoms with Crippen molar-refractivity contribution in [1.82, 2.24) is 4.98 Å². The second-order valence-electron chi connectivity index (χ2n) is 4.18. The van der Waals surface area contributed by atoms with Crippen molar-refractivity contribution in [3.63, 3.8) is 0 Å². The summed E-state index contributed by atoms with van der Waals surface area (Å²) in [5.74, 6) is 1.40. The molecule has 2 N–H and O–H groups in total. The van der Waals surface area contributed by atoms with Gasteiger partial charge in [-0.25, -0.2) is 4.98 Å². The number of nitrogens with two attached hydrogens (primary N) is 1. The standard InChI is InChI=1S/C13H16N2OS/c1-9(2)10-4-3-5-11(6-10)16-8-12-7-15-13(14)17-12/h3-7,9H,8H2,1-2H3,(H2,14,15). The van der Waals surface area contributed by atoms with Gasteiger partial charge in [0.15, 0.2) is 5.13 Å². The highest BCUT2D eigenvalue weighted by atomic mass is 32.1. The molecule has 0 atom stereocenters. The lowest BCUT2D eigenvalue weighted by atomic mass is 10.0. The van der Waals surface area contributed by atoms with Gasteiger partial charge in [0.1, 0.15) is 12.4 Å². The molecule has 0 spiro atoms. The zero-order chi connectivity index (χ0) is 12.3. The lowest BCUT2D eigenvalue weighted by Gasteiger charge is -2.08. The third-order valence-electron chi connectivity index (χ3n) is 2.48. The topological polar surface area (TPSA) is 48.1 Å². The molecule has 0 bridgehead atoms. The lowest BCUT2D eigenvalue weighted by molar-refractivity contribution is 0.309. The smallest absolute Gasteiger partial charge is 0.180 e. The molecule has 0 aliphatic rings. The van der Waals surface area contributed by atoms with E-state index in [0.29, 0.717) is 17.7 Å². The summed E-state index contributed by atoms with van der Waals surface area (Å²) in [6.45, 7) is 4.86. The molecule has 2 aromatic rings. The third-order valence-corrected chi connectivity index (χ3v) is 3.28. The first-order valence-corrected chi connectivity index (χ1v) is 6.39. The molecule has 1 aromatic heterocycles. The van der Waals surface area contributed by atoms with E-state index in [0.717, 1.165) is 10.6 Å². The maximum atomic E-state index is 5.71. The highest BCUT2D eigenvalue weighted by Gasteiger charge is 2.03. The molecular weight excluding hydrogens is 232 g/mol. The fourth-order valence-electron chi connectivity index (χ4n) is 1.51. The zero-order valence-electron chi connectivity index (χ0n) is 10.0. The number of hydrogen-bond donors (Lipinski definition) is 1. The van der Waals surface area contributed by atoms with Crippen molar-refractivity contribution in [2.24, 2.45) is 0 Å². The summed E-state index contributed by atoms with van der Waals surface area (Å²) in [7, 11) is 0. The summed E-state index contributed by atoms with van der Waals surface area (Å²) in [6, 6.07) is 8.18. The van der Waals surface area contributed by atoms with Crippen LogP contribution in [0.5, 0.6) is 5.75 Å². The fraction of sp³-hybridized carbons (Fsp3) is 0.308. The van der Waals surface area contributed by atoms with Gasteiger partial charge in [-0.05, 0) is 23.6 Å². The molecule has 1 aromatic carbocycles. The Morgan fingerprint density at radius 3 is 2.88 bits per heavy atom. The van der Waals surface area contributed by atoms with Crippen LogP contribution in [-0.2, 0) is 6.61 Å². The molecule has 4 heteroatoms. The van der Waals surface area contributed by atoms with Gasteiger partial charge in [-0.3, -0.25) is 0 Å². The summed E-state index contributed by atoms with van der Waals surface area (Å²) in [5, 5.41) is 0.583. The Hall–Kier alpha value is -1.55. The molecule has 0 amide bonds. The predicted octanol–water partition coefficient (Wildman–Crippen LogP) is 3.43. The van der Waals surface area contributed by atoms with E-state index in [4.69, 9.17) is 10.5 Å². The SMILES string of the molecule is CC(C)c1cccc(OCc2cnc(N)s2)c1. The Kier molecular flexibility index (Phi) is 3.64. The van der Waals surface area contributed by atoms with Crippen LogP contribution in [-0.4, -0.2) is 4.98 Å². The number of benzene rings is 1. The normalized spacial score (nSPS) is 10.8. The highest BCUT2D eigenvalue weighted by Crippen LogP contribution is 2.22. The van der Waals surface area contributed by atoms with E-state index in [-0.39, 0.29) is 0 Å². The van der Waals surface area contributed by atoms with E-state index in [9.17, 15) is 0 Å². The van der Waals surface area contributed by atoms with E-state index in [2.05, 4.69) is 31.0 Å². The summed E-state index contributed by atoms with van der Waals surface area (Å²) in [5.41, 5.74) is 6.85. The number of nitrogen functional groups attached to an aromatic ring is 1. The first-order valence-electron chi connectivity index (χ1n) is 5.58. The van der Waals surface area contributed by atoms with Crippen molar-refractivity contribution in [2.75, 3.05) is 5.73 Å². The first-order chi connectivity index (χ1) is 8.15. The maximum absolute atomic E-state index is 5.71. The number of aromatic nitrogens is 1. The second kappa shape index (κ2) is 5.19. The third kappa shape index (κ3) is 3.20. The van der Waals surface area contributed by atoms with Gasteiger partial charge >= 0.3 is 0 Å². The van der Waals surface area contributed by atoms with Crippen molar-refractivity contribution >= 4 is 16.5 Å². The average Bonchev–Trinajstić information content (AvgIpc) is 2.73. The van der Waals surface area contributed by atoms with Gasteiger partial charge in [-0.2, -0.15) is 0 Å². The van der Waals surface area contributed by atoms with Crippen LogP contribution in [0.4, 0.5) is 5.13 Å². The van der Waals surface area contributed by atoms with Gasteiger partial charge in [0.2, 0.25) is 0 Å². The number of hydrogen-bond acceptors (Lipinski definition) is 4. The van der Waals surface area contributed by atoms with Gasteiger partial charge in [-0.15, -0.1) is 0 Å². The quantitative estimate of drug-likeness (QED) is 0.901. The van der Waals surface area contributed by atoms with Crippen LogP contribution < -0.4 is 10.5 Å². The molecular formula is C13H16N2OS. The fourth-order valence-corrected chi connectivity index (χ4v) is 2.10. The van der Waals surface area contributed by atoms with Gasteiger partial charge in [0, 0.05) is 6.20 Å². The van der Waals surface area contributed by atoms with E-state index < -0.39 is 0 Å². The van der Waals surface area contributed by atoms with E-state index in [1.165, 1.54) is 16.9 Å². The number of thiazole rings is 1. The highest BCUT2D eigenvalue weighted by molar-refractivity contribution is 7.15. The van der Waals surface area contributed by atoms with Gasteiger partial charge < -0.3 is 10.5 Å². The summed E-state index contributed by atoms with van der Waals surface area (Å²) in [4.78, 5) is 5.03. The van der Waals surface area contributed by atoms with E-state index in [1.54, 1.807) is 6.20 Å². The molecule has 17 heavy (non-hydrogen) atoms. The summed E-state index contributed by atoms with van der Waals surface area (Å²) < 4.78 is 5.71. The molecule has 0 radical (unpaired) electrons. The number of anilines is 1. The molecule has 2 rings (SSSR count). The number of nitrogens with zero attached hydrogens (tertiary/aromatic N) is 1. The van der Waals surface area contributed by atoms with Crippen LogP contribution in [0.15, 0.2) is 30.5 Å². The van der Waals surface area contributed by atoms with E-state index >= 15 is 0 Å². The lowest BCUT2D eigenvalue weighted by Crippen LogP contribution is -1.94. The largest absolute Gasteiger partial charge is 0.488 e. The minimum atomic E-state index is 0.512. The van der Waals surface area contributed by atoms with Crippen molar-refractivity contribution in [3.05, 3.63) is 40.9 Å². The van der Waals surface area contributed by atoms with Gasteiger partial charge in [0.25, 0.3) is 0 Å². The summed E-state index contributed by atoms with van der Waals surface area (Å²) in [6.07, 6.45) is 1.76. The van der Waals surface area contributed by atoms with Crippen LogP contribution in [0.2, 0.25) is 0 Å². The molecule has 0 unspecified atom stereocenters. The molecule has 0 aliphatic carbocycles. The average molecular weight is 248 g/mol. The van der Waals surface area contributed by atoms with Crippen LogP contribution >= 0.6 is 11.3 Å². The Morgan fingerprint density at radius 2 is 2.24 bits per heavy atom. The summed E-state index contributed by atoms with van der Waals surface area (Å²) >= 11 is 1.46. The van der Waals surface area contributed by atoms with Crippen LogP contribution in [0, 0.1) is 0 Å². The Morgan fingerprint density at radius 1 is 1.41 bits per heavy atom. The van der Waals surface area contributed by atoms with Gasteiger partial charge in [0.05, 0.1) is 4.88 Å². The minimum Gasteiger partial charge on any atom is -0.488 e.